The molecular weight excluding hydrogens is 338 g/mol. The maximum Gasteiger partial charge on any atom is 0.248 e. The van der Waals surface area contributed by atoms with Crippen molar-refractivity contribution in [2.45, 2.75) is 18.7 Å². The first kappa shape index (κ1) is 18.8. The fourth-order valence-corrected chi connectivity index (χ4v) is 3.14. The van der Waals surface area contributed by atoms with Gasteiger partial charge in [0.1, 0.15) is 0 Å². The van der Waals surface area contributed by atoms with Gasteiger partial charge in [-0.2, -0.15) is 0 Å². The minimum Gasteiger partial charge on any atom is -0.322 e. The quantitative estimate of drug-likeness (QED) is 0.832. The van der Waals surface area contributed by atoms with Crippen LogP contribution in [0.25, 0.3) is 6.08 Å². The van der Waals surface area contributed by atoms with Crippen LogP contribution in [0, 0.1) is 13.8 Å². The Morgan fingerprint density at radius 2 is 1.92 bits per heavy atom. The molecular formula is C18H21N3O3S. The molecule has 25 heavy (non-hydrogen) atoms. The first-order valence-electron chi connectivity index (χ1n) is 7.65. The van der Waals surface area contributed by atoms with Crippen molar-refractivity contribution in [3.63, 3.8) is 0 Å². The molecule has 1 amide bonds. The van der Waals surface area contributed by atoms with Gasteiger partial charge in [-0.3, -0.25) is 9.78 Å². The van der Waals surface area contributed by atoms with Crippen molar-refractivity contribution in [2.24, 2.45) is 0 Å². The van der Waals surface area contributed by atoms with Gasteiger partial charge in [0.2, 0.25) is 15.9 Å². The van der Waals surface area contributed by atoms with Gasteiger partial charge >= 0.3 is 0 Å². The van der Waals surface area contributed by atoms with Gasteiger partial charge < -0.3 is 5.32 Å². The minimum atomic E-state index is -3.58. The third kappa shape index (κ3) is 4.52. The largest absolute Gasteiger partial charge is 0.322 e. The van der Waals surface area contributed by atoms with Crippen molar-refractivity contribution in [3.05, 3.63) is 59.4 Å². The molecule has 0 saturated heterocycles. The van der Waals surface area contributed by atoms with Crippen LogP contribution in [0.3, 0.4) is 0 Å². The Bertz CT molecular complexity index is 905. The van der Waals surface area contributed by atoms with Gasteiger partial charge in [-0.25, -0.2) is 12.7 Å². The van der Waals surface area contributed by atoms with Gasteiger partial charge in [-0.1, -0.05) is 6.07 Å². The van der Waals surface area contributed by atoms with Crippen LogP contribution < -0.4 is 5.32 Å². The van der Waals surface area contributed by atoms with Gasteiger partial charge in [-0.15, -0.1) is 0 Å². The highest BCUT2D eigenvalue weighted by Crippen LogP contribution is 2.25. The highest BCUT2D eigenvalue weighted by molar-refractivity contribution is 7.89. The molecule has 0 fully saturated rings. The lowest BCUT2D eigenvalue weighted by Crippen LogP contribution is -2.22. The molecule has 0 saturated carbocycles. The van der Waals surface area contributed by atoms with E-state index < -0.39 is 10.0 Å². The molecule has 0 spiro atoms. The van der Waals surface area contributed by atoms with E-state index in [-0.39, 0.29) is 10.8 Å². The molecule has 0 bridgehead atoms. The average molecular weight is 359 g/mol. The molecule has 2 rings (SSSR count). The lowest BCUT2D eigenvalue weighted by molar-refractivity contribution is -0.111. The van der Waals surface area contributed by atoms with Crippen LogP contribution in [0.15, 0.2) is 47.5 Å². The zero-order valence-corrected chi connectivity index (χ0v) is 15.5. The van der Waals surface area contributed by atoms with Crippen LogP contribution in [-0.4, -0.2) is 37.7 Å². The summed E-state index contributed by atoms with van der Waals surface area (Å²) in [6.45, 7) is 3.64. The average Bonchev–Trinajstić information content (AvgIpc) is 2.57. The Morgan fingerprint density at radius 1 is 1.20 bits per heavy atom. The summed E-state index contributed by atoms with van der Waals surface area (Å²) in [5, 5.41) is 2.74. The van der Waals surface area contributed by atoms with E-state index in [1.54, 1.807) is 30.5 Å². The molecule has 2 aromatic rings. The highest BCUT2D eigenvalue weighted by atomic mass is 32.2. The van der Waals surface area contributed by atoms with Crippen molar-refractivity contribution in [1.82, 2.24) is 9.29 Å². The second-order valence-corrected chi connectivity index (χ2v) is 7.93. The summed E-state index contributed by atoms with van der Waals surface area (Å²) < 4.78 is 25.8. The number of hydrogen-bond donors (Lipinski definition) is 1. The van der Waals surface area contributed by atoms with E-state index in [0.717, 1.165) is 15.4 Å². The van der Waals surface area contributed by atoms with Crippen molar-refractivity contribution in [3.8, 4) is 0 Å². The van der Waals surface area contributed by atoms with Crippen LogP contribution in [0.5, 0.6) is 0 Å². The number of aryl methyl sites for hydroxylation is 1. The normalized spacial score (nSPS) is 11.9. The Labute approximate surface area is 148 Å². The first-order chi connectivity index (χ1) is 11.7. The van der Waals surface area contributed by atoms with E-state index in [1.165, 1.54) is 26.2 Å². The fraction of sp³-hybridized carbons (Fsp3) is 0.222. The summed E-state index contributed by atoms with van der Waals surface area (Å²) in [7, 11) is -0.634. The second-order valence-electron chi connectivity index (χ2n) is 5.78. The second kappa shape index (κ2) is 7.58. The van der Waals surface area contributed by atoms with E-state index in [0.29, 0.717) is 11.4 Å². The van der Waals surface area contributed by atoms with E-state index in [1.807, 2.05) is 19.9 Å². The number of nitrogens with zero attached hydrogens (tertiary/aromatic N) is 2. The molecule has 1 N–H and O–H groups in total. The van der Waals surface area contributed by atoms with Gasteiger partial charge in [0.05, 0.1) is 10.6 Å². The van der Waals surface area contributed by atoms with Crippen LogP contribution in [-0.2, 0) is 14.8 Å². The number of nitrogens with one attached hydrogen (secondary N) is 1. The Morgan fingerprint density at radius 3 is 2.52 bits per heavy atom. The molecule has 0 radical (unpaired) electrons. The maximum atomic E-state index is 12.3. The molecule has 0 atom stereocenters. The number of pyridine rings is 1. The molecule has 0 aliphatic rings. The summed E-state index contributed by atoms with van der Waals surface area (Å²) in [6.07, 6.45) is 4.60. The Balaban J connectivity index is 2.28. The number of anilines is 1. The number of hydrogen-bond acceptors (Lipinski definition) is 4. The number of carbonyl (C=O) groups is 1. The van der Waals surface area contributed by atoms with Crippen molar-refractivity contribution < 1.29 is 13.2 Å². The third-order valence-corrected chi connectivity index (χ3v) is 5.56. The molecule has 0 aliphatic carbocycles. The van der Waals surface area contributed by atoms with Crippen molar-refractivity contribution in [2.75, 3.05) is 19.4 Å². The predicted molar refractivity (Wildman–Crippen MR) is 98.7 cm³/mol. The summed E-state index contributed by atoms with van der Waals surface area (Å²) in [5.41, 5.74) is 2.73. The zero-order chi connectivity index (χ0) is 18.6. The predicted octanol–water partition coefficient (Wildman–Crippen LogP) is 2.60. The summed E-state index contributed by atoms with van der Waals surface area (Å²) in [6, 6.07) is 8.48. The number of rotatable bonds is 5. The van der Waals surface area contributed by atoms with Gasteiger partial charge in [0.15, 0.2) is 0 Å². The smallest absolute Gasteiger partial charge is 0.248 e. The van der Waals surface area contributed by atoms with Crippen LogP contribution in [0.4, 0.5) is 5.69 Å². The first-order valence-corrected chi connectivity index (χ1v) is 9.09. The van der Waals surface area contributed by atoms with Gasteiger partial charge in [0.25, 0.3) is 0 Å². The molecule has 0 unspecified atom stereocenters. The molecule has 1 aromatic heterocycles. The number of carbonyl (C=O) groups excluding carboxylic acids is 1. The molecule has 132 valence electrons. The summed E-state index contributed by atoms with van der Waals surface area (Å²) in [4.78, 5) is 16.4. The van der Waals surface area contributed by atoms with E-state index in [4.69, 9.17) is 0 Å². The number of sulfonamides is 1. The topological polar surface area (TPSA) is 79.4 Å². The summed E-state index contributed by atoms with van der Waals surface area (Å²) in [5.74, 6) is -0.354. The highest BCUT2D eigenvalue weighted by Gasteiger charge is 2.19. The van der Waals surface area contributed by atoms with Crippen LogP contribution in [0.1, 0.15) is 16.8 Å². The number of amides is 1. The molecule has 1 aromatic carbocycles. The molecule has 1 heterocycles. The monoisotopic (exact) mass is 359 g/mol. The standard InChI is InChI=1S/C18H21N3O3S/c1-13-11-16(25(23,24)21(3)4)12-17(14(13)2)20-18(22)9-8-15-7-5-6-10-19-15/h5-12H,1-4H3,(H,20,22). The maximum absolute atomic E-state index is 12.3. The Kier molecular flexibility index (Phi) is 5.71. The molecule has 7 heteroatoms. The zero-order valence-electron chi connectivity index (χ0n) is 14.6. The van der Waals surface area contributed by atoms with Crippen LogP contribution >= 0.6 is 0 Å². The molecule has 6 nitrogen and oxygen atoms in total. The van der Waals surface area contributed by atoms with Crippen LogP contribution in [0.2, 0.25) is 0 Å². The van der Waals surface area contributed by atoms with Crippen molar-refractivity contribution in [1.29, 1.82) is 0 Å². The fourth-order valence-electron chi connectivity index (χ4n) is 2.13. The molecule has 0 aliphatic heterocycles. The lowest BCUT2D eigenvalue weighted by atomic mass is 10.1. The van der Waals surface area contributed by atoms with Gasteiger partial charge in [-0.05, 0) is 55.3 Å². The van der Waals surface area contributed by atoms with E-state index in [9.17, 15) is 13.2 Å². The Hall–Kier alpha value is -2.51. The van der Waals surface area contributed by atoms with Gasteiger partial charge in [0, 0.05) is 32.1 Å². The third-order valence-electron chi connectivity index (χ3n) is 3.77. The SMILES string of the molecule is Cc1cc(S(=O)(=O)N(C)C)cc(NC(=O)C=Cc2ccccn2)c1C. The van der Waals surface area contributed by atoms with E-state index in [2.05, 4.69) is 10.3 Å². The lowest BCUT2D eigenvalue weighted by Gasteiger charge is -2.16. The number of benzene rings is 1. The van der Waals surface area contributed by atoms with E-state index >= 15 is 0 Å². The summed E-state index contributed by atoms with van der Waals surface area (Å²) >= 11 is 0. The minimum absolute atomic E-state index is 0.143. The van der Waals surface area contributed by atoms with Crippen molar-refractivity contribution >= 4 is 27.7 Å². The number of aromatic nitrogens is 1.